The second-order valence-electron chi connectivity index (χ2n) is 12.2. The lowest BCUT2D eigenvalue weighted by Crippen LogP contribution is -2.50. The van der Waals surface area contributed by atoms with Crippen LogP contribution in [0.5, 0.6) is 0 Å². The normalized spacial score (nSPS) is 41.1. The Bertz CT molecular complexity index is 987. The Morgan fingerprint density at radius 3 is 2.26 bits per heavy atom. The van der Waals surface area contributed by atoms with Crippen molar-refractivity contribution in [2.75, 3.05) is 13.2 Å². The maximum atomic E-state index is 14.3. The van der Waals surface area contributed by atoms with Crippen LogP contribution in [0.1, 0.15) is 73.1 Å². The summed E-state index contributed by atoms with van der Waals surface area (Å²) in [5.74, 6) is 0.521. The lowest BCUT2D eigenvalue weighted by Gasteiger charge is -2.46. The molecule has 34 heavy (non-hydrogen) atoms. The molecule has 3 saturated heterocycles. The molecule has 0 aromatic heterocycles. The summed E-state index contributed by atoms with van der Waals surface area (Å²) in [7, 11) is -3.55. The zero-order chi connectivity index (χ0) is 24.4. The molecule has 1 spiro atoms. The lowest BCUT2D eigenvalue weighted by atomic mass is 9.65. The summed E-state index contributed by atoms with van der Waals surface area (Å²) in [6, 6.07) is 9.04. The van der Waals surface area contributed by atoms with E-state index in [1.54, 1.807) is 12.1 Å². The van der Waals surface area contributed by atoms with E-state index in [4.69, 9.17) is 14.2 Å². The molecule has 0 unspecified atom stereocenters. The fourth-order valence-electron chi connectivity index (χ4n) is 8.04. The van der Waals surface area contributed by atoms with Crippen LogP contribution in [0.25, 0.3) is 0 Å². The molecule has 4 aliphatic rings. The zero-order valence-electron chi connectivity index (χ0n) is 21.5. The highest BCUT2D eigenvalue weighted by Crippen LogP contribution is 2.60. The van der Waals surface area contributed by atoms with Crippen molar-refractivity contribution in [3.05, 3.63) is 30.3 Å². The van der Waals surface area contributed by atoms with E-state index in [-0.39, 0.29) is 29.3 Å². The van der Waals surface area contributed by atoms with Crippen LogP contribution in [0.2, 0.25) is 0 Å². The smallest absolute Gasteiger partial charge is 0.181 e. The molecule has 0 amide bonds. The van der Waals surface area contributed by atoms with E-state index >= 15 is 0 Å². The highest BCUT2D eigenvalue weighted by atomic mass is 32.2. The van der Waals surface area contributed by atoms with E-state index in [2.05, 4.69) is 34.6 Å². The number of fused-ring (bicyclic) bond motifs is 2. The standard InChI is InChI=1S/C28H42O5S/c1-19-11-12-23(28(18-19)31-15-16-32-28)20(2)17-24(34(29,30)22-9-7-6-8-10-22)25-21(3)26(4)13-14-27(25,5)33-26/h6-10,19-21,23-25H,11-18H2,1-5H3/t19-,20-,21-,23+,24+,25+,26+,27-/m1/s1. The van der Waals surface area contributed by atoms with Crippen molar-refractivity contribution < 1.29 is 22.6 Å². The molecule has 6 heteroatoms. The summed E-state index contributed by atoms with van der Waals surface area (Å²) < 4.78 is 47.7. The number of ether oxygens (including phenoxy) is 3. The number of hydrogen-bond acceptors (Lipinski definition) is 5. The van der Waals surface area contributed by atoms with Gasteiger partial charge in [-0.05, 0) is 69.4 Å². The van der Waals surface area contributed by atoms with Crippen LogP contribution in [-0.2, 0) is 24.0 Å². The molecule has 4 fully saturated rings. The molecule has 190 valence electrons. The predicted octanol–water partition coefficient (Wildman–Crippen LogP) is 5.63. The molecule has 5 nitrogen and oxygen atoms in total. The minimum Gasteiger partial charge on any atom is -0.368 e. The van der Waals surface area contributed by atoms with Crippen molar-refractivity contribution in [1.82, 2.24) is 0 Å². The minimum absolute atomic E-state index is 0.0391. The first-order valence-electron chi connectivity index (χ1n) is 13.3. The van der Waals surface area contributed by atoms with Gasteiger partial charge in [0.15, 0.2) is 15.6 Å². The molecule has 2 bridgehead atoms. The Balaban J connectivity index is 1.51. The van der Waals surface area contributed by atoms with Gasteiger partial charge in [0.1, 0.15) is 0 Å². The maximum Gasteiger partial charge on any atom is 0.181 e. The van der Waals surface area contributed by atoms with E-state index in [0.29, 0.717) is 30.4 Å². The highest BCUT2D eigenvalue weighted by molar-refractivity contribution is 7.92. The van der Waals surface area contributed by atoms with Gasteiger partial charge in [0, 0.05) is 18.3 Å². The Morgan fingerprint density at radius 1 is 1.00 bits per heavy atom. The Labute approximate surface area is 205 Å². The average molecular weight is 491 g/mol. The van der Waals surface area contributed by atoms with Crippen LogP contribution >= 0.6 is 0 Å². The maximum absolute atomic E-state index is 14.3. The van der Waals surface area contributed by atoms with Gasteiger partial charge in [-0.1, -0.05) is 45.4 Å². The van der Waals surface area contributed by atoms with Crippen LogP contribution in [-0.4, -0.2) is 43.9 Å². The van der Waals surface area contributed by atoms with E-state index < -0.39 is 26.5 Å². The molecule has 1 aromatic carbocycles. The monoisotopic (exact) mass is 490 g/mol. The Hall–Kier alpha value is -0.950. The van der Waals surface area contributed by atoms with Crippen LogP contribution < -0.4 is 0 Å². The molecule has 8 atom stereocenters. The third-order valence-electron chi connectivity index (χ3n) is 9.90. The molecule has 5 rings (SSSR count). The fourth-order valence-corrected chi connectivity index (χ4v) is 10.4. The fraction of sp³-hybridized carbons (Fsp3) is 0.786. The molecule has 0 radical (unpaired) electrons. The third-order valence-corrected chi connectivity index (χ3v) is 12.1. The zero-order valence-corrected chi connectivity index (χ0v) is 22.3. The quantitative estimate of drug-likeness (QED) is 0.517. The summed E-state index contributed by atoms with van der Waals surface area (Å²) in [6.45, 7) is 12.3. The number of hydrogen-bond donors (Lipinski definition) is 0. The molecule has 0 N–H and O–H groups in total. The van der Waals surface area contributed by atoms with Crippen molar-refractivity contribution in [2.24, 2.45) is 29.6 Å². The second-order valence-corrected chi connectivity index (χ2v) is 14.3. The first-order chi connectivity index (χ1) is 16.0. The van der Waals surface area contributed by atoms with Gasteiger partial charge in [0.05, 0.1) is 34.6 Å². The Morgan fingerprint density at radius 2 is 1.65 bits per heavy atom. The van der Waals surface area contributed by atoms with E-state index in [9.17, 15) is 8.42 Å². The van der Waals surface area contributed by atoms with Gasteiger partial charge in [-0.25, -0.2) is 8.42 Å². The Kier molecular flexibility index (Phi) is 6.23. The van der Waals surface area contributed by atoms with Crippen molar-refractivity contribution in [3.8, 4) is 0 Å². The van der Waals surface area contributed by atoms with Gasteiger partial charge in [-0.3, -0.25) is 0 Å². The van der Waals surface area contributed by atoms with Gasteiger partial charge < -0.3 is 14.2 Å². The second kappa shape index (κ2) is 8.57. The number of benzene rings is 1. The lowest BCUT2D eigenvalue weighted by molar-refractivity contribution is -0.232. The molecule has 1 aromatic rings. The SMILES string of the molecule is C[C@@H]1CC[C@@H]([C@H](C)C[C@@H]([C@@H]2[C@@H](C)[C@]3(C)CC[C@@]2(C)O3)S(=O)(=O)c2ccccc2)C2(C1)OCCO2. The van der Waals surface area contributed by atoms with Gasteiger partial charge in [0.25, 0.3) is 0 Å². The van der Waals surface area contributed by atoms with Gasteiger partial charge >= 0.3 is 0 Å². The van der Waals surface area contributed by atoms with Crippen molar-refractivity contribution in [2.45, 2.75) is 100 Å². The van der Waals surface area contributed by atoms with Crippen LogP contribution in [0, 0.1) is 29.6 Å². The molecular weight excluding hydrogens is 448 g/mol. The van der Waals surface area contributed by atoms with Gasteiger partial charge in [-0.15, -0.1) is 0 Å². The molecule has 3 heterocycles. The number of sulfone groups is 1. The molecular formula is C28H42O5S. The first-order valence-corrected chi connectivity index (χ1v) is 14.8. The van der Waals surface area contributed by atoms with Gasteiger partial charge in [0.2, 0.25) is 0 Å². The predicted molar refractivity (Wildman–Crippen MR) is 132 cm³/mol. The van der Waals surface area contributed by atoms with Crippen LogP contribution in [0.15, 0.2) is 35.2 Å². The molecule has 3 aliphatic heterocycles. The van der Waals surface area contributed by atoms with E-state index in [1.165, 1.54) is 0 Å². The summed E-state index contributed by atoms with van der Waals surface area (Å²) in [5, 5.41) is -0.496. The topological polar surface area (TPSA) is 61.8 Å². The summed E-state index contributed by atoms with van der Waals surface area (Å²) in [4.78, 5) is 0.427. The van der Waals surface area contributed by atoms with Crippen LogP contribution in [0.4, 0.5) is 0 Å². The van der Waals surface area contributed by atoms with Crippen LogP contribution in [0.3, 0.4) is 0 Å². The molecule has 1 aliphatic carbocycles. The van der Waals surface area contributed by atoms with Crippen molar-refractivity contribution in [3.63, 3.8) is 0 Å². The van der Waals surface area contributed by atoms with E-state index in [1.807, 2.05) is 18.2 Å². The van der Waals surface area contributed by atoms with Crippen molar-refractivity contribution in [1.29, 1.82) is 0 Å². The largest absolute Gasteiger partial charge is 0.368 e. The van der Waals surface area contributed by atoms with Crippen molar-refractivity contribution >= 4 is 9.84 Å². The summed E-state index contributed by atoms with van der Waals surface area (Å²) >= 11 is 0. The highest BCUT2D eigenvalue weighted by Gasteiger charge is 2.65. The number of rotatable bonds is 6. The third kappa shape index (κ3) is 3.88. The van der Waals surface area contributed by atoms with E-state index in [0.717, 1.165) is 32.1 Å². The first kappa shape index (κ1) is 24.7. The van der Waals surface area contributed by atoms with Gasteiger partial charge in [-0.2, -0.15) is 0 Å². The molecule has 1 saturated carbocycles. The summed E-state index contributed by atoms with van der Waals surface area (Å²) in [5.41, 5.74) is -0.647. The average Bonchev–Trinajstić information content (AvgIpc) is 3.43. The summed E-state index contributed by atoms with van der Waals surface area (Å²) in [6.07, 6.45) is 5.58. The minimum atomic E-state index is -3.55.